The van der Waals surface area contributed by atoms with E-state index in [1.165, 1.54) is 5.56 Å². The van der Waals surface area contributed by atoms with Crippen LogP contribution in [0.4, 0.5) is 0 Å². The molecule has 0 bridgehead atoms. The molecular weight excluding hydrogens is 504 g/mol. The number of fused-ring (bicyclic) bond motifs is 1. The summed E-state index contributed by atoms with van der Waals surface area (Å²) in [5, 5.41) is 4.65. The Morgan fingerprint density at radius 3 is 2.32 bits per heavy atom. The zero-order chi connectivity index (χ0) is 26.8. The van der Waals surface area contributed by atoms with Gasteiger partial charge in [0.05, 0.1) is 23.9 Å². The summed E-state index contributed by atoms with van der Waals surface area (Å²) in [5.41, 5.74) is 2.76. The molecule has 200 valence electrons. The first kappa shape index (κ1) is 26.3. The number of halogens is 1. The fraction of sp³-hybridized carbons (Fsp3) is 0.414. The third-order valence-corrected chi connectivity index (χ3v) is 8.02. The van der Waals surface area contributed by atoms with Gasteiger partial charge in [0.15, 0.2) is 0 Å². The van der Waals surface area contributed by atoms with E-state index < -0.39 is 11.7 Å². The average molecular weight is 537 g/mol. The van der Waals surface area contributed by atoms with Crippen molar-refractivity contribution in [3.8, 4) is 5.75 Å². The average Bonchev–Trinajstić information content (AvgIpc) is 3.28. The van der Waals surface area contributed by atoms with Crippen molar-refractivity contribution >= 4 is 40.1 Å². The van der Waals surface area contributed by atoms with Crippen molar-refractivity contribution in [1.82, 2.24) is 19.7 Å². The molecule has 0 unspecified atom stereocenters. The van der Waals surface area contributed by atoms with E-state index in [4.69, 9.17) is 16.3 Å². The molecule has 2 aliphatic rings. The number of piperidine rings is 1. The molecule has 9 heteroatoms. The van der Waals surface area contributed by atoms with E-state index in [1.807, 2.05) is 17.0 Å². The SMILES string of the molecule is COc1cc2c(cc1C(=O)N1CCC(Cc3ccc(Cl)cc3)CC1)cc(C(=O)C(=O)N1CCNCC1)n2C. The Morgan fingerprint density at radius 1 is 0.974 bits per heavy atom. The third-order valence-electron chi connectivity index (χ3n) is 7.76. The number of carbonyl (C=O) groups excluding carboxylic acids is 3. The van der Waals surface area contributed by atoms with Crippen LogP contribution in [-0.2, 0) is 18.3 Å². The summed E-state index contributed by atoms with van der Waals surface area (Å²) in [6, 6.07) is 13.2. The van der Waals surface area contributed by atoms with Gasteiger partial charge in [-0.3, -0.25) is 14.4 Å². The lowest BCUT2D eigenvalue weighted by atomic mass is 9.90. The van der Waals surface area contributed by atoms with Crippen LogP contribution in [-0.4, -0.2) is 78.3 Å². The van der Waals surface area contributed by atoms with Crippen LogP contribution in [0.1, 0.15) is 39.3 Å². The predicted molar refractivity (Wildman–Crippen MR) is 147 cm³/mol. The minimum absolute atomic E-state index is 0.0812. The van der Waals surface area contributed by atoms with Gasteiger partial charge >= 0.3 is 0 Å². The van der Waals surface area contributed by atoms with Gasteiger partial charge in [0.1, 0.15) is 5.75 Å². The lowest BCUT2D eigenvalue weighted by molar-refractivity contribution is -0.127. The Bertz CT molecular complexity index is 1350. The monoisotopic (exact) mass is 536 g/mol. The van der Waals surface area contributed by atoms with Crippen LogP contribution in [0.15, 0.2) is 42.5 Å². The number of amides is 2. The zero-order valence-corrected chi connectivity index (χ0v) is 22.6. The van der Waals surface area contributed by atoms with Gasteiger partial charge in [-0.2, -0.15) is 0 Å². The Balaban J connectivity index is 1.32. The van der Waals surface area contributed by atoms with Gasteiger partial charge in [-0.15, -0.1) is 0 Å². The minimum Gasteiger partial charge on any atom is -0.496 e. The largest absolute Gasteiger partial charge is 0.496 e. The number of benzene rings is 2. The first-order chi connectivity index (χ1) is 18.4. The van der Waals surface area contributed by atoms with Crippen LogP contribution in [0.5, 0.6) is 5.75 Å². The molecule has 2 amide bonds. The standard InChI is InChI=1S/C29H33ClN4O4/c1-32-24-18-26(38-2)23(16-21(24)17-25(32)27(35)29(37)34-13-9-31-10-14-34)28(36)33-11-7-20(8-12-33)15-19-3-5-22(30)6-4-19/h3-6,16-18,20,31H,7-15H2,1-2H3. The molecule has 0 radical (unpaired) electrons. The summed E-state index contributed by atoms with van der Waals surface area (Å²) in [4.78, 5) is 42.9. The van der Waals surface area contributed by atoms with Crippen LogP contribution < -0.4 is 10.1 Å². The summed E-state index contributed by atoms with van der Waals surface area (Å²) < 4.78 is 7.31. The minimum atomic E-state index is -0.541. The van der Waals surface area contributed by atoms with E-state index in [-0.39, 0.29) is 5.91 Å². The van der Waals surface area contributed by atoms with Crippen molar-refractivity contribution in [2.75, 3.05) is 46.4 Å². The highest BCUT2D eigenvalue weighted by atomic mass is 35.5. The van der Waals surface area contributed by atoms with E-state index in [1.54, 1.807) is 41.8 Å². The Kier molecular flexibility index (Phi) is 7.72. The highest BCUT2D eigenvalue weighted by molar-refractivity contribution is 6.42. The molecule has 2 fully saturated rings. The topological polar surface area (TPSA) is 83.9 Å². The van der Waals surface area contributed by atoms with Crippen LogP contribution in [0.25, 0.3) is 10.9 Å². The highest BCUT2D eigenvalue weighted by Crippen LogP contribution is 2.31. The molecule has 38 heavy (non-hydrogen) atoms. The lowest BCUT2D eigenvalue weighted by Crippen LogP contribution is -2.48. The first-order valence-electron chi connectivity index (χ1n) is 13.1. The second-order valence-corrected chi connectivity index (χ2v) is 10.6. The van der Waals surface area contributed by atoms with E-state index in [9.17, 15) is 14.4 Å². The number of methoxy groups -OCH3 is 1. The molecule has 3 heterocycles. The molecule has 2 saturated heterocycles. The number of hydrogen-bond donors (Lipinski definition) is 1. The molecule has 1 N–H and O–H groups in total. The van der Waals surface area contributed by atoms with Gasteiger partial charge in [0.25, 0.3) is 17.6 Å². The molecule has 2 aliphatic heterocycles. The molecule has 3 aromatic rings. The smallest absolute Gasteiger partial charge is 0.296 e. The Labute approximate surface area is 227 Å². The molecule has 0 atom stereocenters. The Hall–Kier alpha value is -3.36. The second kappa shape index (κ2) is 11.2. The molecule has 5 rings (SSSR count). The van der Waals surface area contributed by atoms with E-state index in [0.717, 1.165) is 35.2 Å². The maximum Gasteiger partial charge on any atom is 0.296 e. The van der Waals surface area contributed by atoms with Crippen molar-refractivity contribution in [2.24, 2.45) is 13.0 Å². The van der Waals surface area contributed by atoms with Gasteiger partial charge in [-0.1, -0.05) is 23.7 Å². The van der Waals surface area contributed by atoms with E-state index in [2.05, 4.69) is 17.4 Å². The van der Waals surface area contributed by atoms with E-state index >= 15 is 0 Å². The summed E-state index contributed by atoms with van der Waals surface area (Å²) in [6.45, 7) is 3.73. The number of nitrogens with zero attached hydrogens (tertiary/aromatic N) is 3. The normalized spacial score (nSPS) is 16.6. The second-order valence-electron chi connectivity index (χ2n) is 10.1. The number of aryl methyl sites for hydroxylation is 1. The number of hydrogen-bond acceptors (Lipinski definition) is 5. The number of ether oxygens (including phenoxy) is 1. The molecule has 0 aliphatic carbocycles. The molecular formula is C29H33ClN4O4. The van der Waals surface area contributed by atoms with Crippen molar-refractivity contribution in [3.63, 3.8) is 0 Å². The summed E-state index contributed by atoms with van der Waals surface area (Å²) in [5.74, 6) is -0.149. The molecule has 8 nitrogen and oxygen atoms in total. The maximum atomic E-state index is 13.6. The number of ketones is 1. The molecule has 0 spiro atoms. The fourth-order valence-electron chi connectivity index (χ4n) is 5.51. The fourth-order valence-corrected chi connectivity index (χ4v) is 5.63. The number of carbonyl (C=O) groups is 3. The summed E-state index contributed by atoms with van der Waals surface area (Å²) >= 11 is 6.01. The predicted octanol–water partition coefficient (Wildman–Crippen LogP) is 3.55. The lowest BCUT2D eigenvalue weighted by Gasteiger charge is -2.32. The maximum absolute atomic E-state index is 13.6. The molecule has 1 aromatic heterocycles. The highest BCUT2D eigenvalue weighted by Gasteiger charge is 2.29. The van der Waals surface area contributed by atoms with Crippen LogP contribution >= 0.6 is 11.6 Å². The van der Waals surface area contributed by atoms with Crippen LogP contribution in [0.2, 0.25) is 5.02 Å². The van der Waals surface area contributed by atoms with Gasteiger partial charge in [0, 0.05) is 62.8 Å². The van der Waals surface area contributed by atoms with Gasteiger partial charge in [-0.25, -0.2) is 0 Å². The van der Waals surface area contributed by atoms with Gasteiger partial charge in [0.2, 0.25) is 0 Å². The number of nitrogens with one attached hydrogen (secondary N) is 1. The summed E-state index contributed by atoms with van der Waals surface area (Å²) in [6.07, 6.45) is 2.83. The Morgan fingerprint density at radius 2 is 1.66 bits per heavy atom. The number of Topliss-reactive ketones (excluding diaryl/α,β-unsaturated/α-hetero) is 1. The van der Waals surface area contributed by atoms with Crippen LogP contribution in [0, 0.1) is 5.92 Å². The zero-order valence-electron chi connectivity index (χ0n) is 21.8. The number of aromatic nitrogens is 1. The summed E-state index contributed by atoms with van der Waals surface area (Å²) in [7, 11) is 3.30. The first-order valence-corrected chi connectivity index (χ1v) is 13.5. The van der Waals surface area contributed by atoms with Crippen molar-refractivity contribution in [3.05, 3.63) is 64.3 Å². The quantitative estimate of drug-likeness (QED) is 0.385. The number of piperazine rings is 1. The van der Waals surface area contributed by atoms with Crippen molar-refractivity contribution in [2.45, 2.75) is 19.3 Å². The number of rotatable bonds is 6. The molecule has 2 aromatic carbocycles. The van der Waals surface area contributed by atoms with Crippen LogP contribution in [0.3, 0.4) is 0 Å². The van der Waals surface area contributed by atoms with Gasteiger partial charge in [-0.05, 0) is 55.0 Å². The van der Waals surface area contributed by atoms with Crippen molar-refractivity contribution in [1.29, 1.82) is 0 Å². The number of likely N-dealkylation sites (tertiary alicyclic amines) is 1. The van der Waals surface area contributed by atoms with Gasteiger partial charge < -0.3 is 24.4 Å². The van der Waals surface area contributed by atoms with E-state index in [0.29, 0.717) is 62.2 Å². The third kappa shape index (κ3) is 5.28. The van der Waals surface area contributed by atoms with Crippen molar-refractivity contribution < 1.29 is 19.1 Å². The molecule has 0 saturated carbocycles.